The number of carbonyl (C=O) groups is 2. The van der Waals surface area contributed by atoms with Crippen molar-refractivity contribution >= 4 is 19.9 Å². The van der Waals surface area contributed by atoms with Crippen LogP contribution in [0.5, 0.6) is 0 Å². The molecule has 1 fully saturated rings. The van der Waals surface area contributed by atoms with Gasteiger partial charge in [0.25, 0.3) is 5.34 Å². The number of carboxylic acid groups (broad SMARTS) is 2. The van der Waals surface area contributed by atoms with Gasteiger partial charge in [0, 0.05) is 6.42 Å². The standard InChI is InChI=1S/C7H12NO9P/c9-5(10)16-4-7(17-6(11)12,18(13,14)15)2-1-3-8-4/h4,8H,1-3H2,(H,9,10)(H,11,12)(H2,13,14,15). The summed E-state index contributed by atoms with van der Waals surface area (Å²) in [6.07, 6.45) is -5.66. The van der Waals surface area contributed by atoms with Gasteiger partial charge in [0.15, 0.2) is 0 Å². The molecule has 1 saturated heterocycles. The smallest absolute Gasteiger partial charge is 0.450 e. The first-order chi connectivity index (χ1) is 8.19. The molecule has 2 atom stereocenters. The fourth-order valence-electron chi connectivity index (χ4n) is 1.71. The minimum absolute atomic E-state index is 0.192. The summed E-state index contributed by atoms with van der Waals surface area (Å²) >= 11 is 0. The lowest BCUT2D eigenvalue weighted by Crippen LogP contribution is -2.58. The first-order valence-electron chi connectivity index (χ1n) is 4.79. The highest BCUT2D eigenvalue weighted by Gasteiger charge is 2.60. The van der Waals surface area contributed by atoms with Crippen LogP contribution in [0.15, 0.2) is 0 Å². The Morgan fingerprint density at radius 1 is 1.28 bits per heavy atom. The van der Waals surface area contributed by atoms with Crippen LogP contribution in [0.1, 0.15) is 12.8 Å². The van der Waals surface area contributed by atoms with E-state index in [-0.39, 0.29) is 19.4 Å². The summed E-state index contributed by atoms with van der Waals surface area (Å²) in [5.74, 6) is 0. The average Bonchev–Trinajstić information content (AvgIpc) is 2.17. The van der Waals surface area contributed by atoms with E-state index >= 15 is 0 Å². The van der Waals surface area contributed by atoms with Gasteiger partial charge < -0.3 is 29.5 Å². The zero-order valence-corrected chi connectivity index (χ0v) is 9.87. The monoisotopic (exact) mass is 285 g/mol. The summed E-state index contributed by atoms with van der Waals surface area (Å²) in [5, 5.41) is 16.8. The highest BCUT2D eigenvalue weighted by Crippen LogP contribution is 2.57. The molecule has 0 aromatic carbocycles. The largest absolute Gasteiger partial charge is 0.507 e. The summed E-state index contributed by atoms with van der Waals surface area (Å²) in [7, 11) is -5.09. The Balaban J connectivity index is 3.13. The van der Waals surface area contributed by atoms with Gasteiger partial charge in [-0.15, -0.1) is 0 Å². The number of hydrogen-bond acceptors (Lipinski definition) is 6. The van der Waals surface area contributed by atoms with Crippen LogP contribution in [-0.4, -0.2) is 50.4 Å². The molecule has 18 heavy (non-hydrogen) atoms. The molecule has 0 amide bonds. The zero-order valence-electron chi connectivity index (χ0n) is 8.98. The van der Waals surface area contributed by atoms with Crippen LogP contribution < -0.4 is 5.32 Å². The number of piperidine rings is 1. The van der Waals surface area contributed by atoms with Crippen LogP contribution in [0.25, 0.3) is 0 Å². The van der Waals surface area contributed by atoms with E-state index in [4.69, 9.17) is 10.2 Å². The van der Waals surface area contributed by atoms with Crippen molar-refractivity contribution in [2.45, 2.75) is 24.4 Å². The quantitative estimate of drug-likeness (QED) is 0.351. The van der Waals surface area contributed by atoms with Crippen molar-refractivity contribution in [2.24, 2.45) is 0 Å². The van der Waals surface area contributed by atoms with Crippen LogP contribution >= 0.6 is 7.60 Å². The Bertz CT molecular complexity index is 392. The summed E-state index contributed by atoms with van der Waals surface area (Å²) in [6, 6.07) is 0. The number of hydrogen-bond donors (Lipinski definition) is 5. The molecule has 0 aliphatic carbocycles. The molecule has 0 aromatic rings. The van der Waals surface area contributed by atoms with Crippen molar-refractivity contribution in [1.82, 2.24) is 5.32 Å². The third-order valence-electron chi connectivity index (χ3n) is 2.43. The lowest BCUT2D eigenvalue weighted by molar-refractivity contribution is -0.101. The molecule has 1 rings (SSSR count). The molecular weight excluding hydrogens is 273 g/mol. The van der Waals surface area contributed by atoms with E-state index in [1.54, 1.807) is 0 Å². The van der Waals surface area contributed by atoms with Gasteiger partial charge in [-0.05, 0) is 13.0 Å². The molecule has 2 unspecified atom stereocenters. The molecule has 0 saturated carbocycles. The van der Waals surface area contributed by atoms with E-state index in [2.05, 4.69) is 14.8 Å². The number of ether oxygens (including phenoxy) is 2. The van der Waals surface area contributed by atoms with Crippen LogP contribution in [0.4, 0.5) is 9.59 Å². The highest BCUT2D eigenvalue weighted by molar-refractivity contribution is 7.53. The predicted molar refractivity (Wildman–Crippen MR) is 54.0 cm³/mol. The number of rotatable bonds is 3. The SMILES string of the molecule is O=C(O)OC1NCCCC1(OC(=O)O)P(=O)(O)O. The van der Waals surface area contributed by atoms with Crippen LogP contribution in [-0.2, 0) is 14.0 Å². The second-order valence-corrected chi connectivity index (χ2v) is 5.42. The Kier molecular flexibility index (Phi) is 4.17. The van der Waals surface area contributed by atoms with E-state index < -0.39 is 31.5 Å². The fraction of sp³-hybridized carbons (Fsp3) is 0.714. The van der Waals surface area contributed by atoms with Crippen molar-refractivity contribution in [1.29, 1.82) is 0 Å². The number of nitrogens with one attached hydrogen (secondary N) is 1. The van der Waals surface area contributed by atoms with E-state index in [0.717, 1.165) is 0 Å². The lowest BCUT2D eigenvalue weighted by atomic mass is 10.1. The van der Waals surface area contributed by atoms with Gasteiger partial charge in [-0.2, -0.15) is 0 Å². The third kappa shape index (κ3) is 2.91. The molecule has 1 aliphatic heterocycles. The van der Waals surface area contributed by atoms with Crippen molar-refractivity contribution in [3.63, 3.8) is 0 Å². The van der Waals surface area contributed by atoms with Gasteiger partial charge in [-0.1, -0.05) is 0 Å². The minimum atomic E-state index is -5.09. The molecule has 0 radical (unpaired) electrons. The van der Waals surface area contributed by atoms with E-state index in [1.807, 2.05) is 0 Å². The highest BCUT2D eigenvalue weighted by atomic mass is 31.2. The van der Waals surface area contributed by atoms with Gasteiger partial charge in [0.2, 0.25) is 6.23 Å². The molecule has 5 N–H and O–H groups in total. The van der Waals surface area contributed by atoms with Crippen LogP contribution in [0.2, 0.25) is 0 Å². The Morgan fingerprint density at radius 3 is 2.33 bits per heavy atom. The normalized spacial score (nSPS) is 28.4. The van der Waals surface area contributed by atoms with E-state index in [0.29, 0.717) is 0 Å². The molecule has 1 aliphatic rings. The van der Waals surface area contributed by atoms with Crippen molar-refractivity contribution in [3.8, 4) is 0 Å². The summed E-state index contributed by atoms with van der Waals surface area (Å²) < 4.78 is 19.9. The van der Waals surface area contributed by atoms with Crippen molar-refractivity contribution in [3.05, 3.63) is 0 Å². The van der Waals surface area contributed by atoms with Gasteiger partial charge in [-0.3, -0.25) is 9.88 Å². The molecule has 0 aromatic heterocycles. The van der Waals surface area contributed by atoms with Gasteiger partial charge in [0.1, 0.15) is 0 Å². The van der Waals surface area contributed by atoms with E-state index in [9.17, 15) is 23.9 Å². The molecular formula is C7H12NO9P. The Hall–Kier alpha value is -1.35. The molecule has 11 heteroatoms. The Labute approximate surface area is 101 Å². The van der Waals surface area contributed by atoms with Gasteiger partial charge in [-0.25, -0.2) is 9.59 Å². The zero-order chi connectivity index (χ0) is 14.0. The maximum absolute atomic E-state index is 11.4. The molecule has 0 spiro atoms. The maximum Gasteiger partial charge on any atom is 0.507 e. The van der Waals surface area contributed by atoms with Crippen molar-refractivity contribution < 1.29 is 43.6 Å². The fourth-order valence-corrected chi connectivity index (χ4v) is 2.81. The summed E-state index contributed by atoms with van der Waals surface area (Å²) in [6.45, 7) is 0.211. The lowest BCUT2D eigenvalue weighted by Gasteiger charge is -2.40. The van der Waals surface area contributed by atoms with Crippen LogP contribution in [0, 0.1) is 0 Å². The maximum atomic E-state index is 11.4. The van der Waals surface area contributed by atoms with Gasteiger partial charge in [0.05, 0.1) is 0 Å². The predicted octanol–water partition coefficient (Wildman–Crippen LogP) is -0.0409. The third-order valence-corrected chi connectivity index (χ3v) is 3.96. The molecule has 1 heterocycles. The molecule has 10 nitrogen and oxygen atoms in total. The van der Waals surface area contributed by atoms with Crippen molar-refractivity contribution in [2.75, 3.05) is 6.54 Å². The average molecular weight is 285 g/mol. The van der Waals surface area contributed by atoms with Crippen LogP contribution in [0.3, 0.4) is 0 Å². The second kappa shape index (κ2) is 5.11. The molecule has 0 bridgehead atoms. The Morgan fingerprint density at radius 2 is 1.89 bits per heavy atom. The van der Waals surface area contributed by atoms with E-state index in [1.165, 1.54) is 0 Å². The van der Waals surface area contributed by atoms with Gasteiger partial charge >= 0.3 is 19.9 Å². The molecule has 104 valence electrons. The summed E-state index contributed by atoms with van der Waals surface area (Å²) in [5.41, 5.74) is 0. The summed E-state index contributed by atoms with van der Waals surface area (Å²) in [4.78, 5) is 39.5. The topological polar surface area (TPSA) is 163 Å². The first kappa shape index (κ1) is 14.7. The second-order valence-electron chi connectivity index (χ2n) is 3.58. The minimum Gasteiger partial charge on any atom is -0.450 e. The first-order valence-corrected chi connectivity index (χ1v) is 6.41.